The van der Waals surface area contributed by atoms with Gasteiger partial charge >= 0.3 is 0 Å². The monoisotopic (exact) mass is 319 g/mol. The minimum Gasteiger partial charge on any atom is -0.497 e. The molecule has 4 nitrogen and oxygen atoms in total. The van der Waals surface area contributed by atoms with Gasteiger partial charge in [-0.15, -0.1) is 0 Å². The summed E-state index contributed by atoms with van der Waals surface area (Å²) in [6.07, 6.45) is 0. The highest BCUT2D eigenvalue weighted by atomic mass is 32.2. The molecule has 3 rings (SSSR count). The van der Waals surface area contributed by atoms with E-state index in [-0.39, 0.29) is 17.5 Å². The lowest BCUT2D eigenvalue weighted by Crippen LogP contribution is -2.41. The van der Waals surface area contributed by atoms with Crippen LogP contribution in [0.1, 0.15) is 18.5 Å². The average molecular weight is 319 g/mol. The lowest BCUT2D eigenvalue weighted by Gasteiger charge is -2.32. The van der Waals surface area contributed by atoms with Crippen LogP contribution in [0.25, 0.3) is 10.8 Å². The maximum Gasteiger partial charge on any atom is 0.152 e. The molecule has 0 bridgehead atoms. The fraction of sp³-hybridized carbons (Fsp3) is 0.412. The zero-order valence-electron chi connectivity index (χ0n) is 13.0. The molecule has 1 atom stereocenters. The van der Waals surface area contributed by atoms with Gasteiger partial charge in [-0.2, -0.15) is 0 Å². The number of rotatable bonds is 3. The predicted octanol–water partition coefficient (Wildman–Crippen LogP) is 2.64. The molecule has 1 heterocycles. The second-order valence-corrected chi connectivity index (χ2v) is 8.14. The third kappa shape index (κ3) is 3.10. The summed E-state index contributed by atoms with van der Waals surface area (Å²) in [5.41, 5.74) is 1.22. The normalized spacial score (nSPS) is 19.9. The first-order valence-corrected chi connectivity index (χ1v) is 9.33. The number of hydrogen-bond donors (Lipinski definition) is 0. The van der Waals surface area contributed by atoms with Gasteiger partial charge in [-0.25, -0.2) is 8.42 Å². The molecule has 118 valence electrons. The first kappa shape index (κ1) is 15.3. The summed E-state index contributed by atoms with van der Waals surface area (Å²) in [4.78, 5) is 2.24. The van der Waals surface area contributed by atoms with Gasteiger partial charge in [0.15, 0.2) is 9.84 Å². The molecule has 0 aliphatic carbocycles. The fourth-order valence-electron chi connectivity index (χ4n) is 2.95. The van der Waals surface area contributed by atoms with Crippen molar-refractivity contribution in [3.05, 3.63) is 42.0 Å². The van der Waals surface area contributed by atoms with Crippen LogP contribution in [-0.2, 0) is 9.84 Å². The Morgan fingerprint density at radius 2 is 1.68 bits per heavy atom. The average Bonchev–Trinajstić information content (AvgIpc) is 2.53. The van der Waals surface area contributed by atoms with Gasteiger partial charge in [0.2, 0.25) is 0 Å². The Morgan fingerprint density at radius 1 is 1.05 bits per heavy atom. The first-order valence-electron chi connectivity index (χ1n) is 7.51. The topological polar surface area (TPSA) is 46.6 Å². The fourth-order valence-corrected chi connectivity index (χ4v) is 4.18. The van der Waals surface area contributed by atoms with Crippen LogP contribution < -0.4 is 4.74 Å². The van der Waals surface area contributed by atoms with Gasteiger partial charge in [0, 0.05) is 19.1 Å². The van der Waals surface area contributed by atoms with Gasteiger partial charge in [-0.3, -0.25) is 4.90 Å². The van der Waals surface area contributed by atoms with Crippen molar-refractivity contribution in [2.24, 2.45) is 0 Å². The van der Waals surface area contributed by atoms with Crippen LogP contribution in [-0.4, -0.2) is 45.0 Å². The molecule has 1 saturated heterocycles. The largest absolute Gasteiger partial charge is 0.497 e. The van der Waals surface area contributed by atoms with Crippen LogP contribution in [0.5, 0.6) is 5.75 Å². The molecule has 0 spiro atoms. The van der Waals surface area contributed by atoms with Gasteiger partial charge < -0.3 is 4.74 Å². The van der Waals surface area contributed by atoms with Crippen LogP contribution in [0, 0.1) is 0 Å². The summed E-state index contributed by atoms with van der Waals surface area (Å²) in [7, 11) is -1.16. The van der Waals surface area contributed by atoms with Crippen molar-refractivity contribution in [2.45, 2.75) is 13.0 Å². The third-order valence-corrected chi connectivity index (χ3v) is 6.09. The molecule has 1 aliphatic rings. The van der Waals surface area contributed by atoms with Crippen LogP contribution >= 0.6 is 0 Å². The summed E-state index contributed by atoms with van der Waals surface area (Å²) >= 11 is 0. The molecule has 5 heteroatoms. The number of benzene rings is 2. The SMILES string of the molecule is COc1ccc2cc([C@@H](C)N3CCS(=O)(=O)CC3)ccc2c1. The van der Waals surface area contributed by atoms with Crippen molar-refractivity contribution < 1.29 is 13.2 Å². The van der Waals surface area contributed by atoms with E-state index in [9.17, 15) is 8.42 Å². The van der Waals surface area contributed by atoms with Crippen molar-refractivity contribution in [1.29, 1.82) is 0 Å². The van der Waals surface area contributed by atoms with E-state index in [1.165, 1.54) is 10.9 Å². The zero-order valence-corrected chi connectivity index (χ0v) is 13.8. The molecule has 1 fully saturated rings. The Labute approximate surface area is 131 Å². The summed E-state index contributed by atoms with van der Waals surface area (Å²) in [6, 6.07) is 12.7. The van der Waals surface area contributed by atoms with Crippen LogP contribution in [0.4, 0.5) is 0 Å². The molecule has 0 saturated carbocycles. The van der Waals surface area contributed by atoms with Crippen molar-refractivity contribution in [2.75, 3.05) is 31.7 Å². The third-order valence-electron chi connectivity index (χ3n) is 4.48. The second kappa shape index (κ2) is 5.89. The number of ether oxygens (including phenoxy) is 1. The summed E-state index contributed by atoms with van der Waals surface area (Å²) < 4.78 is 28.4. The van der Waals surface area contributed by atoms with E-state index >= 15 is 0 Å². The first-order chi connectivity index (χ1) is 10.5. The van der Waals surface area contributed by atoms with E-state index in [0.717, 1.165) is 11.1 Å². The van der Waals surface area contributed by atoms with Crippen LogP contribution in [0.3, 0.4) is 0 Å². The van der Waals surface area contributed by atoms with Gasteiger partial charge in [0.1, 0.15) is 5.75 Å². The zero-order chi connectivity index (χ0) is 15.7. The molecule has 0 radical (unpaired) electrons. The molecular formula is C17H21NO3S. The highest BCUT2D eigenvalue weighted by Gasteiger charge is 2.25. The summed E-state index contributed by atoms with van der Waals surface area (Å²) in [6.45, 7) is 3.37. The maximum absolute atomic E-state index is 11.6. The number of methoxy groups -OCH3 is 1. The minimum atomic E-state index is -2.83. The van der Waals surface area contributed by atoms with E-state index in [0.29, 0.717) is 13.1 Å². The summed E-state index contributed by atoms with van der Waals surface area (Å²) in [5, 5.41) is 2.33. The highest BCUT2D eigenvalue weighted by Crippen LogP contribution is 2.27. The molecular weight excluding hydrogens is 298 g/mol. The predicted molar refractivity (Wildman–Crippen MR) is 89.1 cm³/mol. The van der Waals surface area contributed by atoms with E-state index in [2.05, 4.69) is 36.1 Å². The Morgan fingerprint density at radius 3 is 2.36 bits per heavy atom. The molecule has 2 aromatic carbocycles. The molecule has 0 unspecified atom stereocenters. The van der Waals surface area contributed by atoms with Gasteiger partial charge in [0.05, 0.1) is 18.6 Å². The number of fused-ring (bicyclic) bond motifs is 1. The molecule has 2 aromatic rings. The molecule has 1 aliphatic heterocycles. The lowest BCUT2D eigenvalue weighted by atomic mass is 10.0. The smallest absolute Gasteiger partial charge is 0.152 e. The Balaban J connectivity index is 1.83. The Hall–Kier alpha value is -1.59. The molecule has 22 heavy (non-hydrogen) atoms. The summed E-state index contributed by atoms with van der Waals surface area (Å²) in [5.74, 6) is 1.39. The number of nitrogens with zero attached hydrogens (tertiary/aromatic N) is 1. The van der Waals surface area contributed by atoms with E-state index < -0.39 is 9.84 Å². The standard InChI is InChI=1S/C17H21NO3S/c1-13(18-7-9-22(19,20)10-8-18)14-3-4-16-12-17(21-2)6-5-15(16)11-14/h3-6,11-13H,7-10H2,1-2H3/t13-/m1/s1. The Bertz CT molecular complexity index is 772. The van der Waals surface area contributed by atoms with E-state index in [4.69, 9.17) is 4.74 Å². The van der Waals surface area contributed by atoms with Crippen LogP contribution in [0.2, 0.25) is 0 Å². The van der Waals surface area contributed by atoms with E-state index in [1.54, 1.807) is 7.11 Å². The lowest BCUT2D eigenvalue weighted by molar-refractivity contribution is 0.229. The number of hydrogen-bond acceptors (Lipinski definition) is 4. The maximum atomic E-state index is 11.6. The highest BCUT2D eigenvalue weighted by molar-refractivity contribution is 7.91. The second-order valence-electron chi connectivity index (χ2n) is 5.84. The molecule has 0 amide bonds. The van der Waals surface area contributed by atoms with Gasteiger partial charge in [-0.05, 0) is 41.5 Å². The van der Waals surface area contributed by atoms with Crippen molar-refractivity contribution >= 4 is 20.6 Å². The van der Waals surface area contributed by atoms with E-state index in [1.807, 2.05) is 12.1 Å². The Kier molecular flexibility index (Phi) is 4.10. The molecule has 0 aromatic heterocycles. The van der Waals surface area contributed by atoms with Gasteiger partial charge in [-0.1, -0.05) is 18.2 Å². The van der Waals surface area contributed by atoms with Crippen molar-refractivity contribution in [3.63, 3.8) is 0 Å². The molecule has 0 N–H and O–H groups in total. The van der Waals surface area contributed by atoms with Gasteiger partial charge in [0.25, 0.3) is 0 Å². The quantitative estimate of drug-likeness (QED) is 0.872. The minimum absolute atomic E-state index is 0.224. The van der Waals surface area contributed by atoms with Crippen molar-refractivity contribution in [1.82, 2.24) is 4.90 Å². The van der Waals surface area contributed by atoms with Crippen LogP contribution in [0.15, 0.2) is 36.4 Å². The van der Waals surface area contributed by atoms with Crippen molar-refractivity contribution in [3.8, 4) is 5.75 Å². The number of sulfone groups is 1.